The summed E-state index contributed by atoms with van der Waals surface area (Å²) in [5, 5.41) is 0.722. The molecule has 0 atom stereocenters. The molecule has 2 aromatic carbocycles. The highest BCUT2D eigenvalue weighted by atomic mass is 35.5. The number of carbonyl (C=O) groups excluding carboxylic acids is 1. The number of rotatable bonds is 6. The van der Waals surface area contributed by atoms with Crippen molar-refractivity contribution >= 4 is 17.6 Å². The van der Waals surface area contributed by atoms with Crippen LogP contribution in [0.3, 0.4) is 0 Å². The molecule has 0 aliphatic heterocycles. The van der Waals surface area contributed by atoms with Gasteiger partial charge in [-0.1, -0.05) is 55.8 Å². The van der Waals surface area contributed by atoms with Gasteiger partial charge >= 0.3 is 5.97 Å². The van der Waals surface area contributed by atoms with Gasteiger partial charge in [0.05, 0.1) is 12.5 Å². The number of ether oxygens (including phenoxy) is 1. The molecule has 0 unspecified atom stereocenters. The molecule has 27 heavy (non-hydrogen) atoms. The van der Waals surface area contributed by atoms with Gasteiger partial charge in [-0.15, -0.1) is 0 Å². The molecule has 0 N–H and O–H groups in total. The molecule has 4 heteroatoms. The Balaban J connectivity index is 2.14. The maximum atomic E-state index is 11.7. The van der Waals surface area contributed by atoms with Crippen molar-refractivity contribution in [3.05, 3.63) is 87.8 Å². The van der Waals surface area contributed by atoms with Crippen molar-refractivity contribution in [1.82, 2.24) is 0 Å². The van der Waals surface area contributed by atoms with E-state index in [1.165, 1.54) is 6.92 Å². The Morgan fingerprint density at radius 2 is 1.85 bits per heavy atom. The molecule has 3 nitrogen and oxygen atoms in total. The second kappa shape index (κ2) is 8.45. The van der Waals surface area contributed by atoms with Crippen LogP contribution in [0.2, 0.25) is 5.02 Å². The van der Waals surface area contributed by atoms with Crippen LogP contribution < -0.4 is 4.74 Å². The van der Waals surface area contributed by atoms with Crippen molar-refractivity contribution in [1.29, 1.82) is 0 Å². The molecule has 0 fully saturated rings. The van der Waals surface area contributed by atoms with Gasteiger partial charge < -0.3 is 9.15 Å². The molecule has 0 saturated carbocycles. The number of furan rings is 1. The largest absolute Gasteiger partial charge is 0.472 e. The Morgan fingerprint density at radius 1 is 1.11 bits per heavy atom. The molecule has 3 rings (SSSR count). The van der Waals surface area contributed by atoms with Crippen molar-refractivity contribution in [2.24, 2.45) is 0 Å². The van der Waals surface area contributed by atoms with E-state index in [2.05, 4.69) is 26.0 Å². The summed E-state index contributed by atoms with van der Waals surface area (Å²) in [5.41, 5.74) is 5.08. The zero-order valence-corrected chi connectivity index (χ0v) is 16.5. The third-order valence-electron chi connectivity index (χ3n) is 4.47. The number of hydrogen-bond donors (Lipinski definition) is 0. The lowest BCUT2D eigenvalue weighted by Gasteiger charge is -2.21. The molecule has 3 aromatic rings. The molecular formula is C23H23ClO3. The molecule has 140 valence electrons. The second-order valence-electron chi connectivity index (χ2n) is 6.96. The highest BCUT2D eigenvalue weighted by molar-refractivity contribution is 6.32. The Kier molecular flexibility index (Phi) is 6.02. The van der Waals surface area contributed by atoms with Crippen molar-refractivity contribution in [3.8, 4) is 5.75 Å². The summed E-state index contributed by atoms with van der Waals surface area (Å²) in [4.78, 5) is 11.7. The van der Waals surface area contributed by atoms with Crippen LogP contribution in [0.25, 0.3) is 0 Å². The lowest BCUT2D eigenvalue weighted by molar-refractivity contribution is -0.131. The van der Waals surface area contributed by atoms with Gasteiger partial charge in [-0.2, -0.15) is 0 Å². The first-order valence-electron chi connectivity index (χ1n) is 9.03. The van der Waals surface area contributed by atoms with Gasteiger partial charge in [-0.05, 0) is 46.7 Å². The van der Waals surface area contributed by atoms with E-state index < -0.39 is 0 Å². The predicted molar refractivity (Wildman–Crippen MR) is 108 cm³/mol. The molecule has 0 amide bonds. The van der Waals surface area contributed by atoms with E-state index in [-0.39, 0.29) is 11.9 Å². The molecule has 0 saturated heterocycles. The fourth-order valence-electron chi connectivity index (χ4n) is 3.35. The number of esters is 1. The van der Waals surface area contributed by atoms with E-state index >= 15 is 0 Å². The summed E-state index contributed by atoms with van der Waals surface area (Å²) >= 11 is 6.86. The van der Waals surface area contributed by atoms with Gasteiger partial charge in [0.2, 0.25) is 0 Å². The minimum atomic E-state index is -0.334. The molecule has 0 bridgehead atoms. The van der Waals surface area contributed by atoms with E-state index in [4.69, 9.17) is 20.8 Å². The highest BCUT2D eigenvalue weighted by Gasteiger charge is 2.22. The van der Waals surface area contributed by atoms with Gasteiger partial charge in [0.15, 0.2) is 0 Å². The van der Waals surface area contributed by atoms with Crippen LogP contribution in [-0.2, 0) is 17.6 Å². The lowest BCUT2D eigenvalue weighted by atomic mass is 9.89. The minimum Gasteiger partial charge on any atom is -0.472 e. The zero-order valence-electron chi connectivity index (χ0n) is 15.8. The maximum absolute atomic E-state index is 11.7. The molecule has 1 heterocycles. The quantitative estimate of drug-likeness (QED) is 0.378. The van der Waals surface area contributed by atoms with Gasteiger partial charge in [0, 0.05) is 23.9 Å². The first-order valence-corrected chi connectivity index (χ1v) is 9.41. The van der Waals surface area contributed by atoms with Crippen LogP contribution in [0, 0.1) is 0 Å². The summed E-state index contributed by atoms with van der Waals surface area (Å²) in [5.74, 6) is 0.412. The van der Waals surface area contributed by atoms with Crippen molar-refractivity contribution in [3.63, 3.8) is 0 Å². The van der Waals surface area contributed by atoms with E-state index in [9.17, 15) is 4.79 Å². The summed E-state index contributed by atoms with van der Waals surface area (Å²) in [6.07, 6.45) is 4.67. The molecule has 0 spiro atoms. The Hall–Kier alpha value is -2.52. The predicted octanol–water partition coefficient (Wildman–Crippen LogP) is 6.16. The topological polar surface area (TPSA) is 39.4 Å². The summed E-state index contributed by atoms with van der Waals surface area (Å²) in [7, 11) is 0. The normalized spacial score (nSPS) is 11.0. The standard InChI is InChI=1S/C23H23ClO3/c1-15(2)22-20(12-18-9-10-26-14-18)23(24)19(13-21(22)27-16(3)25)11-17-7-5-4-6-8-17/h4-10,13-15H,11-12H2,1-3H3. The lowest BCUT2D eigenvalue weighted by Crippen LogP contribution is -2.10. The molecule has 0 aliphatic carbocycles. The highest BCUT2D eigenvalue weighted by Crippen LogP contribution is 2.39. The van der Waals surface area contributed by atoms with Gasteiger partial charge in [-0.25, -0.2) is 0 Å². The SMILES string of the molecule is CC(=O)Oc1cc(Cc2ccccc2)c(Cl)c(Cc2ccoc2)c1C(C)C. The number of hydrogen-bond acceptors (Lipinski definition) is 3. The summed E-state index contributed by atoms with van der Waals surface area (Å²) in [6, 6.07) is 14.0. The first-order chi connectivity index (χ1) is 13.0. The van der Waals surface area contributed by atoms with Crippen molar-refractivity contribution in [2.45, 2.75) is 39.5 Å². The Bertz CT molecular complexity index is 913. The third kappa shape index (κ3) is 4.61. The Morgan fingerprint density at radius 3 is 2.44 bits per heavy atom. The Labute approximate surface area is 164 Å². The summed E-state index contributed by atoms with van der Waals surface area (Å²) < 4.78 is 10.8. The van der Waals surface area contributed by atoms with Crippen molar-refractivity contribution < 1.29 is 13.9 Å². The van der Waals surface area contributed by atoms with Crippen molar-refractivity contribution in [2.75, 3.05) is 0 Å². The van der Waals surface area contributed by atoms with Crippen LogP contribution >= 0.6 is 11.6 Å². The minimum absolute atomic E-state index is 0.157. The van der Waals surface area contributed by atoms with Crippen LogP contribution in [0.15, 0.2) is 59.4 Å². The number of carbonyl (C=O) groups is 1. The first kappa shape index (κ1) is 19.2. The molecular weight excluding hydrogens is 360 g/mol. The third-order valence-corrected chi connectivity index (χ3v) is 4.94. The van der Waals surface area contributed by atoms with Gasteiger partial charge in [-0.3, -0.25) is 4.79 Å². The maximum Gasteiger partial charge on any atom is 0.308 e. The summed E-state index contributed by atoms with van der Waals surface area (Å²) in [6.45, 7) is 5.58. The fourth-order valence-corrected chi connectivity index (χ4v) is 3.64. The average molecular weight is 383 g/mol. The van der Waals surface area contributed by atoms with Crippen LogP contribution in [0.4, 0.5) is 0 Å². The molecule has 0 radical (unpaired) electrons. The second-order valence-corrected chi connectivity index (χ2v) is 7.34. The number of benzene rings is 2. The van der Waals surface area contributed by atoms with Gasteiger partial charge in [0.25, 0.3) is 0 Å². The van der Waals surface area contributed by atoms with E-state index in [1.807, 2.05) is 30.3 Å². The zero-order chi connectivity index (χ0) is 19.4. The number of halogens is 1. The molecule has 0 aliphatic rings. The monoisotopic (exact) mass is 382 g/mol. The van der Waals surface area contributed by atoms with E-state index in [0.29, 0.717) is 18.6 Å². The average Bonchev–Trinajstić information content (AvgIpc) is 3.12. The van der Waals surface area contributed by atoms with Crippen LogP contribution in [0.5, 0.6) is 5.75 Å². The van der Waals surface area contributed by atoms with Gasteiger partial charge in [0.1, 0.15) is 5.75 Å². The fraction of sp³-hybridized carbons (Fsp3) is 0.261. The van der Waals surface area contributed by atoms with Crippen LogP contribution in [0.1, 0.15) is 54.5 Å². The smallest absolute Gasteiger partial charge is 0.308 e. The van der Waals surface area contributed by atoms with E-state index in [1.54, 1.807) is 12.5 Å². The molecule has 1 aromatic heterocycles. The van der Waals surface area contributed by atoms with Crippen LogP contribution in [-0.4, -0.2) is 5.97 Å². The van der Waals surface area contributed by atoms with E-state index in [0.717, 1.165) is 32.8 Å².